The maximum atomic E-state index is 9.69. The molecule has 0 unspecified atom stereocenters. The third-order valence-corrected chi connectivity index (χ3v) is 4.23. The number of nitrogen functional groups attached to an aromatic ring is 1. The summed E-state index contributed by atoms with van der Waals surface area (Å²) in [7, 11) is 1.95. The first kappa shape index (κ1) is 18.3. The molecule has 1 aliphatic heterocycles. The smallest absolute Gasteiger partial charge is 0.292 e. The zero-order valence-corrected chi connectivity index (χ0v) is 15.6. The van der Waals surface area contributed by atoms with Crippen LogP contribution in [0.15, 0.2) is 47.5 Å². The Morgan fingerprint density at radius 3 is 2.74 bits per heavy atom. The fourth-order valence-electron chi connectivity index (χ4n) is 2.82. The normalized spacial score (nSPS) is 13.9. The number of rotatable bonds is 5. The van der Waals surface area contributed by atoms with Crippen molar-refractivity contribution in [1.29, 1.82) is 5.26 Å². The van der Waals surface area contributed by atoms with E-state index in [1.54, 1.807) is 0 Å². The molecule has 0 saturated heterocycles. The molecule has 1 aliphatic rings. The van der Waals surface area contributed by atoms with E-state index in [9.17, 15) is 5.26 Å². The Balaban J connectivity index is 1.93. The van der Waals surface area contributed by atoms with Gasteiger partial charge in [-0.05, 0) is 42.8 Å². The van der Waals surface area contributed by atoms with E-state index in [0.29, 0.717) is 23.0 Å². The van der Waals surface area contributed by atoms with E-state index < -0.39 is 0 Å². The Morgan fingerprint density at radius 2 is 2.11 bits per heavy atom. The van der Waals surface area contributed by atoms with Crippen LogP contribution >= 0.6 is 0 Å². The van der Waals surface area contributed by atoms with Crippen molar-refractivity contribution in [2.24, 2.45) is 4.99 Å². The number of nitriles is 1. The van der Waals surface area contributed by atoms with E-state index in [2.05, 4.69) is 16.4 Å². The van der Waals surface area contributed by atoms with Crippen molar-refractivity contribution < 1.29 is 4.74 Å². The van der Waals surface area contributed by atoms with Crippen molar-refractivity contribution in [2.75, 3.05) is 37.7 Å². The second kappa shape index (κ2) is 8.28. The van der Waals surface area contributed by atoms with Gasteiger partial charge in [0.15, 0.2) is 0 Å². The average molecular weight is 361 g/mol. The first-order valence-corrected chi connectivity index (χ1v) is 8.89. The SMILES string of the molecule is CCNc1cc(OC2=NCCN2C)ccc1/C(C#N)=C/c1ccc(N)cc1. The molecule has 3 N–H and O–H groups in total. The summed E-state index contributed by atoms with van der Waals surface area (Å²) in [5.41, 5.74) is 9.59. The van der Waals surface area contributed by atoms with Crippen molar-refractivity contribution in [2.45, 2.75) is 6.92 Å². The number of amidine groups is 1. The monoisotopic (exact) mass is 361 g/mol. The number of hydrogen-bond acceptors (Lipinski definition) is 6. The van der Waals surface area contributed by atoms with Gasteiger partial charge in [0.25, 0.3) is 6.02 Å². The predicted molar refractivity (Wildman–Crippen MR) is 111 cm³/mol. The fraction of sp³-hybridized carbons (Fsp3) is 0.238. The van der Waals surface area contributed by atoms with Gasteiger partial charge in [0, 0.05) is 43.1 Å². The molecule has 0 aromatic heterocycles. The van der Waals surface area contributed by atoms with Crippen LogP contribution in [-0.2, 0) is 0 Å². The standard InChI is InChI=1S/C21H23N5O/c1-3-24-20-13-18(27-21-25-10-11-26(21)2)8-9-19(20)16(14-22)12-15-4-6-17(23)7-5-15/h4-9,12-13,24H,3,10-11,23H2,1-2H3/b16-12+. The Labute approximate surface area is 159 Å². The lowest BCUT2D eigenvalue weighted by molar-refractivity contribution is 0.423. The van der Waals surface area contributed by atoms with Crippen molar-refractivity contribution in [3.05, 3.63) is 53.6 Å². The lowest BCUT2D eigenvalue weighted by atomic mass is 10.0. The van der Waals surface area contributed by atoms with E-state index in [1.807, 2.05) is 67.4 Å². The molecule has 3 rings (SSSR count). The summed E-state index contributed by atoms with van der Waals surface area (Å²) in [5.74, 6) is 0.687. The summed E-state index contributed by atoms with van der Waals surface area (Å²) in [5, 5.41) is 13.0. The van der Waals surface area contributed by atoms with Crippen molar-refractivity contribution in [1.82, 2.24) is 4.90 Å². The summed E-state index contributed by atoms with van der Waals surface area (Å²) >= 11 is 0. The number of nitrogens with zero attached hydrogens (tertiary/aromatic N) is 3. The highest BCUT2D eigenvalue weighted by Gasteiger charge is 2.16. The van der Waals surface area contributed by atoms with Gasteiger partial charge in [0.05, 0.1) is 18.2 Å². The van der Waals surface area contributed by atoms with E-state index in [4.69, 9.17) is 10.5 Å². The zero-order chi connectivity index (χ0) is 19.2. The molecule has 0 radical (unpaired) electrons. The first-order chi connectivity index (χ1) is 13.1. The van der Waals surface area contributed by atoms with Crippen LogP contribution < -0.4 is 15.8 Å². The Hall–Kier alpha value is -3.46. The molecule has 2 aromatic rings. The summed E-state index contributed by atoms with van der Waals surface area (Å²) in [6, 6.07) is 16.0. The second-order valence-electron chi connectivity index (χ2n) is 6.26. The molecule has 6 nitrogen and oxygen atoms in total. The third-order valence-electron chi connectivity index (χ3n) is 4.23. The molecule has 0 fully saturated rings. The molecule has 0 aliphatic carbocycles. The van der Waals surface area contributed by atoms with Crippen molar-refractivity contribution >= 4 is 29.0 Å². The van der Waals surface area contributed by atoms with Crippen molar-refractivity contribution in [3.63, 3.8) is 0 Å². The quantitative estimate of drug-likeness (QED) is 0.484. The number of likely N-dealkylation sites (N-methyl/N-ethyl adjacent to an activating group) is 1. The molecule has 0 atom stereocenters. The fourth-order valence-corrected chi connectivity index (χ4v) is 2.82. The Bertz CT molecular complexity index is 909. The third kappa shape index (κ3) is 4.39. The lowest BCUT2D eigenvalue weighted by Gasteiger charge is -2.16. The van der Waals surface area contributed by atoms with Gasteiger partial charge in [0.2, 0.25) is 0 Å². The molecule has 138 valence electrons. The highest BCUT2D eigenvalue weighted by atomic mass is 16.5. The van der Waals surface area contributed by atoms with E-state index in [0.717, 1.165) is 36.4 Å². The number of allylic oxidation sites excluding steroid dienone is 1. The largest absolute Gasteiger partial charge is 0.426 e. The molecule has 0 bridgehead atoms. The summed E-state index contributed by atoms with van der Waals surface area (Å²) in [4.78, 5) is 6.33. The molecule has 0 saturated carbocycles. The van der Waals surface area contributed by atoms with Gasteiger partial charge in [-0.15, -0.1) is 0 Å². The molecule has 1 heterocycles. The molecule has 0 spiro atoms. The Morgan fingerprint density at radius 1 is 1.33 bits per heavy atom. The minimum atomic E-state index is 0.567. The summed E-state index contributed by atoms with van der Waals surface area (Å²) < 4.78 is 5.89. The highest BCUT2D eigenvalue weighted by molar-refractivity contribution is 5.94. The molecular formula is C21H23N5O. The number of nitrogens with one attached hydrogen (secondary N) is 1. The van der Waals surface area contributed by atoms with E-state index >= 15 is 0 Å². The molecule has 0 amide bonds. The first-order valence-electron chi connectivity index (χ1n) is 8.89. The second-order valence-corrected chi connectivity index (χ2v) is 6.26. The zero-order valence-electron chi connectivity index (χ0n) is 15.6. The van der Waals surface area contributed by atoms with E-state index in [1.165, 1.54) is 0 Å². The maximum absolute atomic E-state index is 9.69. The minimum absolute atomic E-state index is 0.567. The van der Waals surface area contributed by atoms with Crippen LogP contribution in [0.25, 0.3) is 11.6 Å². The van der Waals surface area contributed by atoms with Gasteiger partial charge >= 0.3 is 0 Å². The number of ether oxygens (including phenoxy) is 1. The number of nitrogens with two attached hydrogens (primary N) is 1. The minimum Gasteiger partial charge on any atom is -0.426 e. The molecule has 27 heavy (non-hydrogen) atoms. The van der Waals surface area contributed by atoms with Crippen molar-refractivity contribution in [3.8, 4) is 11.8 Å². The highest BCUT2D eigenvalue weighted by Crippen LogP contribution is 2.30. The van der Waals surface area contributed by atoms with Crippen LogP contribution in [0.3, 0.4) is 0 Å². The Kier molecular flexibility index (Phi) is 5.62. The van der Waals surface area contributed by atoms with Gasteiger partial charge < -0.3 is 20.7 Å². The average Bonchev–Trinajstić information content (AvgIpc) is 3.07. The molecular weight excluding hydrogens is 338 g/mol. The molecule has 6 heteroatoms. The van der Waals surface area contributed by atoms with Gasteiger partial charge in [-0.25, -0.2) is 4.99 Å². The summed E-state index contributed by atoms with van der Waals surface area (Å²) in [6.45, 7) is 4.35. The van der Waals surface area contributed by atoms with Crippen LogP contribution in [0.5, 0.6) is 5.75 Å². The number of benzene rings is 2. The number of hydrogen-bond donors (Lipinski definition) is 2. The van der Waals surface area contributed by atoms with Crippen LogP contribution in [0.1, 0.15) is 18.1 Å². The topological polar surface area (TPSA) is 86.7 Å². The maximum Gasteiger partial charge on any atom is 0.292 e. The number of anilines is 2. The van der Waals surface area contributed by atoms with Gasteiger partial charge in [-0.1, -0.05) is 12.1 Å². The van der Waals surface area contributed by atoms with Crippen LogP contribution in [0, 0.1) is 11.3 Å². The van der Waals surface area contributed by atoms with Crippen LogP contribution in [0.2, 0.25) is 0 Å². The van der Waals surface area contributed by atoms with Gasteiger partial charge in [-0.3, -0.25) is 0 Å². The predicted octanol–water partition coefficient (Wildman–Crippen LogP) is 3.44. The van der Waals surface area contributed by atoms with Crippen LogP contribution in [-0.4, -0.2) is 37.6 Å². The summed E-state index contributed by atoms with van der Waals surface area (Å²) in [6.07, 6.45) is 1.85. The van der Waals surface area contributed by atoms with E-state index in [-0.39, 0.29) is 0 Å². The molecule has 2 aromatic carbocycles. The van der Waals surface area contributed by atoms with Crippen LogP contribution in [0.4, 0.5) is 11.4 Å². The lowest BCUT2D eigenvalue weighted by Crippen LogP contribution is -2.27. The van der Waals surface area contributed by atoms with Gasteiger partial charge in [0.1, 0.15) is 5.75 Å². The van der Waals surface area contributed by atoms with Gasteiger partial charge in [-0.2, -0.15) is 5.26 Å². The number of aliphatic imine (C=N–C) groups is 1.